The van der Waals surface area contributed by atoms with Gasteiger partial charge < -0.3 is 22.0 Å². The Labute approximate surface area is 228 Å². The van der Waals surface area contributed by atoms with Gasteiger partial charge in [-0.15, -0.1) is 0 Å². The van der Waals surface area contributed by atoms with Crippen LogP contribution in [0.25, 0.3) is 0 Å². The van der Waals surface area contributed by atoms with E-state index in [9.17, 15) is 0 Å². The van der Waals surface area contributed by atoms with Crippen LogP contribution in [0.5, 0.6) is 5.75 Å². The maximum absolute atomic E-state index is 9.06. The maximum atomic E-state index is 9.06. The summed E-state index contributed by atoms with van der Waals surface area (Å²) in [7, 11) is 0. The second-order valence-electron chi connectivity index (χ2n) is 9.60. The maximum Gasteiger partial charge on any atom is 0.259 e. The molecule has 1 atom stereocenters. The van der Waals surface area contributed by atoms with Crippen molar-refractivity contribution in [3.05, 3.63) is 87.0 Å². The number of rotatable bonds is 4. The summed E-state index contributed by atoms with van der Waals surface area (Å²) >= 11 is 0. The first kappa shape index (κ1) is 28.8. The third kappa shape index (κ3) is 5.40. The van der Waals surface area contributed by atoms with Gasteiger partial charge in [0, 0.05) is 24.2 Å². The van der Waals surface area contributed by atoms with Crippen LogP contribution in [0.15, 0.2) is 42.5 Å². The number of hydrogen-bond donors (Lipinski definition) is 1. The van der Waals surface area contributed by atoms with Gasteiger partial charge in [-0.05, 0) is 88.8 Å². The largest absolute Gasteiger partial charge is 1.00 e. The first-order valence-corrected chi connectivity index (χ1v) is 11.6. The van der Waals surface area contributed by atoms with Crippen molar-refractivity contribution in [3.8, 4) is 5.75 Å². The van der Waals surface area contributed by atoms with E-state index in [1.54, 1.807) is 0 Å². The fraction of sp³-hybridized carbons (Fsp3) is 0.345. The predicted octanol–water partition coefficient (Wildman–Crippen LogP) is 3.82. The number of halogens is 1. The quantitative estimate of drug-likeness (QED) is 0.561. The summed E-state index contributed by atoms with van der Waals surface area (Å²) in [4.78, 5) is 4.33. The molecule has 185 valence electrons. The van der Waals surface area contributed by atoms with Gasteiger partial charge in [-0.3, -0.25) is 10.3 Å². The molecule has 35 heavy (non-hydrogen) atoms. The topological polar surface area (TPSA) is 39.6 Å². The number of para-hydroxylation sites is 1. The molecule has 1 N–H and O–H groups in total. The number of anilines is 2. The molecule has 4 rings (SSSR count). The van der Waals surface area contributed by atoms with Gasteiger partial charge in [0.25, 0.3) is 6.35 Å². The minimum atomic E-state index is -0.447. The van der Waals surface area contributed by atoms with Gasteiger partial charge in [0.1, 0.15) is 11.6 Å². The van der Waals surface area contributed by atoms with E-state index in [0.717, 1.165) is 39.4 Å². The van der Waals surface area contributed by atoms with Gasteiger partial charge in [-0.1, -0.05) is 53.6 Å². The van der Waals surface area contributed by atoms with Gasteiger partial charge in [0.05, 0.1) is 12.2 Å². The third-order valence-electron chi connectivity index (χ3n) is 6.53. The van der Waals surface area contributed by atoms with Crippen LogP contribution in [0, 0.1) is 60.8 Å². The zero-order valence-electron chi connectivity index (χ0n) is 22.0. The summed E-state index contributed by atoms with van der Waals surface area (Å²) in [6, 6.07) is 15.0. The molecule has 1 fully saturated rings. The van der Waals surface area contributed by atoms with E-state index in [4.69, 9.17) is 10.1 Å². The normalized spacial score (nSPS) is 15.1. The molecule has 1 radical (unpaired) electrons. The Morgan fingerprint density at radius 2 is 1.14 bits per heavy atom. The summed E-state index contributed by atoms with van der Waals surface area (Å²) in [5, 5.41) is 9.06. The van der Waals surface area contributed by atoms with Crippen molar-refractivity contribution in [1.29, 1.82) is 5.41 Å². The van der Waals surface area contributed by atoms with Crippen molar-refractivity contribution >= 4 is 17.2 Å². The zero-order chi connectivity index (χ0) is 24.0. The number of nitrogens with one attached hydrogen (secondary N) is 1. The fourth-order valence-corrected chi connectivity index (χ4v) is 5.41. The number of amidine groups is 1. The average molecular weight is 528 g/mol. The molecule has 0 saturated carbocycles. The van der Waals surface area contributed by atoms with Crippen LogP contribution in [0.3, 0.4) is 0 Å². The van der Waals surface area contributed by atoms with Crippen molar-refractivity contribution in [2.75, 3.05) is 16.3 Å². The smallest absolute Gasteiger partial charge is 0.259 e. The second-order valence-corrected chi connectivity index (χ2v) is 9.60. The van der Waals surface area contributed by atoms with Gasteiger partial charge in [-0.2, -0.15) is 0 Å². The molecular weight excluding hydrogens is 493 g/mol. The summed E-state index contributed by atoms with van der Waals surface area (Å²) in [6.45, 7) is 17.5. The number of nitrogens with zero attached hydrogens (tertiary/aromatic N) is 2. The Hall–Kier alpha value is -2.40. The molecule has 1 heterocycles. The van der Waals surface area contributed by atoms with Gasteiger partial charge in [0.2, 0.25) is 0 Å². The van der Waals surface area contributed by atoms with Crippen molar-refractivity contribution in [2.45, 2.75) is 61.7 Å². The Morgan fingerprint density at radius 1 is 0.714 bits per heavy atom. The van der Waals surface area contributed by atoms with Crippen molar-refractivity contribution in [3.63, 3.8) is 0 Å². The SMILES string of the molecule is Cc1cc(C)c(N2CC(=N)N(c3c(C)cc(C)cc3C)C2Oc2c(C)cccc2C)c(C)c1.[Cl-].[V]. The number of hydrogen-bond acceptors (Lipinski definition) is 3. The monoisotopic (exact) mass is 527 g/mol. The molecule has 0 amide bonds. The molecule has 4 nitrogen and oxygen atoms in total. The van der Waals surface area contributed by atoms with Crippen molar-refractivity contribution < 1.29 is 35.7 Å². The van der Waals surface area contributed by atoms with Crippen molar-refractivity contribution in [1.82, 2.24) is 0 Å². The van der Waals surface area contributed by atoms with Gasteiger partial charge >= 0.3 is 0 Å². The first-order chi connectivity index (χ1) is 15.6. The summed E-state index contributed by atoms with van der Waals surface area (Å²) in [5.74, 6) is 1.43. The van der Waals surface area contributed by atoms with Gasteiger partial charge in [0.15, 0.2) is 0 Å². The number of ether oxygens (including phenoxy) is 1. The summed E-state index contributed by atoms with van der Waals surface area (Å²) in [5.41, 5.74) is 11.6. The Balaban J connectivity index is 0.00000216. The molecule has 0 spiro atoms. The van der Waals surface area contributed by atoms with Crippen LogP contribution in [-0.2, 0) is 18.6 Å². The van der Waals surface area contributed by atoms with Crippen molar-refractivity contribution in [2.24, 2.45) is 0 Å². The van der Waals surface area contributed by atoms with Gasteiger partial charge in [-0.25, -0.2) is 0 Å². The molecular formula is C29H35ClN3OV-. The van der Waals surface area contributed by atoms with E-state index < -0.39 is 6.35 Å². The third-order valence-corrected chi connectivity index (χ3v) is 6.53. The van der Waals surface area contributed by atoms with E-state index in [0.29, 0.717) is 12.4 Å². The molecule has 6 heteroatoms. The van der Waals surface area contributed by atoms with Crippen LogP contribution >= 0.6 is 0 Å². The Kier molecular flexibility index (Phi) is 9.16. The van der Waals surface area contributed by atoms with E-state index >= 15 is 0 Å². The van der Waals surface area contributed by atoms with E-state index in [1.807, 2.05) is 0 Å². The molecule has 3 aromatic carbocycles. The average Bonchev–Trinajstić information content (AvgIpc) is 2.99. The summed E-state index contributed by atoms with van der Waals surface area (Å²) in [6.07, 6.45) is -0.447. The molecule has 1 aliphatic rings. The molecule has 0 aliphatic carbocycles. The number of aryl methyl sites for hydroxylation is 8. The molecule has 1 saturated heterocycles. The minimum Gasteiger partial charge on any atom is -1.00 e. The Bertz CT molecular complexity index is 1190. The fourth-order valence-electron chi connectivity index (χ4n) is 5.41. The van der Waals surface area contributed by atoms with E-state index in [1.165, 1.54) is 22.3 Å². The van der Waals surface area contributed by atoms with Crippen LogP contribution in [0.2, 0.25) is 0 Å². The van der Waals surface area contributed by atoms with Crippen LogP contribution in [0.4, 0.5) is 11.4 Å². The van der Waals surface area contributed by atoms with Crippen LogP contribution < -0.4 is 26.9 Å². The van der Waals surface area contributed by atoms with E-state index in [2.05, 4.69) is 108 Å². The number of benzene rings is 3. The summed E-state index contributed by atoms with van der Waals surface area (Å²) < 4.78 is 6.83. The first-order valence-electron chi connectivity index (χ1n) is 11.6. The Morgan fingerprint density at radius 3 is 1.60 bits per heavy atom. The standard InChI is InChI=1S/C29H35N3O.ClH.V/c1-17-12-21(5)26(22(6)13-17)31-16-25(30)32(27-23(7)14-18(2)15-24(27)8)29(31)33-28-19(3)10-9-11-20(28)4;;/h9-15,29-30H,16H2,1-8H3;1H;/p-1. The minimum absolute atomic E-state index is 0. The van der Waals surface area contributed by atoms with E-state index in [-0.39, 0.29) is 31.0 Å². The molecule has 1 unspecified atom stereocenters. The molecule has 0 aromatic heterocycles. The molecule has 0 bridgehead atoms. The second kappa shape index (κ2) is 11.1. The van der Waals surface area contributed by atoms with Crippen LogP contribution in [-0.4, -0.2) is 18.7 Å². The molecule has 1 aliphatic heterocycles. The predicted molar refractivity (Wildman–Crippen MR) is 139 cm³/mol. The van der Waals surface area contributed by atoms with Crippen LogP contribution in [0.1, 0.15) is 44.5 Å². The molecule has 3 aromatic rings. The zero-order valence-corrected chi connectivity index (χ0v) is 24.1.